The summed E-state index contributed by atoms with van der Waals surface area (Å²) < 4.78 is 14.5. The molecule has 6 rings (SSSR count). The standard InChI is InChI=1S/C35H32N2O5/c38-30-22-32(37-23-26(33(39)36-34(37)40)21-25-13-5-1-6-14-25)42-31(30)24-41-35(27-15-7-2-8-16-27,28-17-9-3-10-18-28)29-19-11-4-12-20-29/h1-20,23,30-32,38H,21-22,24H2,(H,36,39,40)/t30-,31+,32+/m0/s1. The minimum atomic E-state index is -0.970. The Kier molecular flexibility index (Phi) is 7.97. The van der Waals surface area contributed by atoms with Gasteiger partial charge in [0.25, 0.3) is 5.56 Å². The van der Waals surface area contributed by atoms with Crippen LogP contribution >= 0.6 is 0 Å². The molecule has 3 atom stereocenters. The number of H-pyrrole nitrogens is 1. The van der Waals surface area contributed by atoms with Gasteiger partial charge < -0.3 is 14.6 Å². The number of nitrogens with one attached hydrogen (secondary N) is 1. The Balaban J connectivity index is 1.30. The highest BCUT2D eigenvalue weighted by Gasteiger charge is 2.42. The van der Waals surface area contributed by atoms with Crippen molar-refractivity contribution in [2.45, 2.75) is 36.9 Å². The van der Waals surface area contributed by atoms with Crippen LogP contribution in [0.1, 0.15) is 40.5 Å². The highest BCUT2D eigenvalue weighted by molar-refractivity contribution is 5.47. The molecule has 2 N–H and O–H groups in total. The summed E-state index contributed by atoms with van der Waals surface area (Å²) >= 11 is 0. The summed E-state index contributed by atoms with van der Waals surface area (Å²) in [6, 6.07) is 39.5. The molecule has 1 saturated heterocycles. The van der Waals surface area contributed by atoms with Gasteiger partial charge >= 0.3 is 5.69 Å². The number of nitrogens with zero attached hydrogens (tertiary/aromatic N) is 1. The molecule has 42 heavy (non-hydrogen) atoms. The van der Waals surface area contributed by atoms with Crippen LogP contribution in [0.3, 0.4) is 0 Å². The SMILES string of the molecule is O=c1[nH]c(=O)n([C@H]2C[C@H](O)[C@@H](COC(c3ccccc3)(c3ccccc3)c3ccccc3)O2)cc1Cc1ccccc1. The normalized spacial score (nSPS) is 18.6. The van der Waals surface area contributed by atoms with E-state index < -0.39 is 35.3 Å². The second-order valence-electron chi connectivity index (χ2n) is 10.5. The van der Waals surface area contributed by atoms with Crippen molar-refractivity contribution in [2.75, 3.05) is 6.61 Å². The fraction of sp³-hybridized carbons (Fsp3) is 0.200. The molecule has 2 heterocycles. The Hall–Kier alpha value is -4.56. The van der Waals surface area contributed by atoms with E-state index in [-0.39, 0.29) is 13.0 Å². The number of aliphatic hydroxyl groups is 1. The maximum atomic E-state index is 12.8. The Morgan fingerprint density at radius 2 is 1.29 bits per heavy atom. The first kappa shape index (κ1) is 27.6. The van der Waals surface area contributed by atoms with E-state index in [9.17, 15) is 14.7 Å². The molecule has 0 unspecified atom stereocenters. The molecular weight excluding hydrogens is 528 g/mol. The number of aromatic nitrogens is 2. The van der Waals surface area contributed by atoms with Crippen LogP contribution in [0, 0.1) is 0 Å². The first-order valence-electron chi connectivity index (χ1n) is 14.1. The average Bonchev–Trinajstić information content (AvgIpc) is 3.41. The van der Waals surface area contributed by atoms with Crippen LogP contribution in [-0.4, -0.2) is 33.5 Å². The molecule has 1 aliphatic rings. The van der Waals surface area contributed by atoms with E-state index in [1.54, 1.807) is 0 Å². The van der Waals surface area contributed by atoms with E-state index in [4.69, 9.17) is 9.47 Å². The summed E-state index contributed by atoms with van der Waals surface area (Å²) in [5.41, 5.74) is 2.22. The Labute approximate surface area is 243 Å². The molecule has 0 radical (unpaired) electrons. The molecule has 1 aliphatic heterocycles. The zero-order valence-corrected chi connectivity index (χ0v) is 23.0. The van der Waals surface area contributed by atoms with Gasteiger partial charge in [-0.15, -0.1) is 0 Å². The van der Waals surface area contributed by atoms with Crippen molar-refractivity contribution in [2.24, 2.45) is 0 Å². The van der Waals surface area contributed by atoms with Crippen LogP contribution in [0.15, 0.2) is 137 Å². The van der Waals surface area contributed by atoms with Gasteiger partial charge in [0.1, 0.15) is 17.9 Å². The van der Waals surface area contributed by atoms with Crippen LogP contribution in [0.25, 0.3) is 0 Å². The van der Waals surface area contributed by atoms with Crippen LogP contribution < -0.4 is 11.2 Å². The second-order valence-corrected chi connectivity index (χ2v) is 10.5. The maximum absolute atomic E-state index is 12.8. The van der Waals surface area contributed by atoms with Crippen LogP contribution in [-0.2, 0) is 21.5 Å². The highest BCUT2D eigenvalue weighted by Crippen LogP contribution is 2.41. The van der Waals surface area contributed by atoms with Gasteiger partial charge in [0.15, 0.2) is 0 Å². The van der Waals surface area contributed by atoms with Gasteiger partial charge in [-0.3, -0.25) is 14.3 Å². The van der Waals surface area contributed by atoms with Gasteiger partial charge in [0.2, 0.25) is 0 Å². The molecule has 7 heteroatoms. The predicted molar refractivity (Wildman–Crippen MR) is 160 cm³/mol. The third-order valence-electron chi connectivity index (χ3n) is 7.80. The zero-order chi connectivity index (χ0) is 28.9. The van der Waals surface area contributed by atoms with Crippen molar-refractivity contribution in [3.63, 3.8) is 0 Å². The molecule has 0 spiro atoms. The Bertz CT molecular complexity index is 1620. The quantitative estimate of drug-likeness (QED) is 0.253. The molecule has 212 valence electrons. The molecule has 0 amide bonds. The monoisotopic (exact) mass is 560 g/mol. The Morgan fingerprint density at radius 1 is 0.786 bits per heavy atom. The molecular formula is C35H32N2O5. The van der Waals surface area contributed by atoms with Crippen LogP contribution in [0.4, 0.5) is 0 Å². The lowest BCUT2D eigenvalue weighted by Crippen LogP contribution is -2.38. The topological polar surface area (TPSA) is 93.6 Å². The van der Waals surface area contributed by atoms with E-state index in [1.807, 2.05) is 121 Å². The van der Waals surface area contributed by atoms with Gasteiger partial charge in [0.05, 0.1) is 12.7 Å². The summed E-state index contributed by atoms with van der Waals surface area (Å²) in [5, 5.41) is 11.1. The second kappa shape index (κ2) is 12.1. The van der Waals surface area contributed by atoms with Crippen LogP contribution in [0.5, 0.6) is 0 Å². The Morgan fingerprint density at radius 3 is 1.81 bits per heavy atom. The average molecular weight is 561 g/mol. The lowest BCUT2D eigenvalue weighted by Gasteiger charge is -2.37. The largest absolute Gasteiger partial charge is 0.390 e. The van der Waals surface area contributed by atoms with Gasteiger partial charge in [0, 0.05) is 24.6 Å². The fourth-order valence-corrected chi connectivity index (χ4v) is 5.69. The summed E-state index contributed by atoms with van der Waals surface area (Å²) in [6.45, 7) is 0.0608. The number of hydrogen-bond donors (Lipinski definition) is 2. The first-order chi connectivity index (χ1) is 20.5. The molecule has 5 aromatic rings. The van der Waals surface area contributed by atoms with Gasteiger partial charge in [-0.05, 0) is 22.3 Å². The van der Waals surface area contributed by atoms with Gasteiger partial charge in [-0.2, -0.15) is 0 Å². The van der Waals surface area contributed by atoms with Gasteiger partial charge in [-0.1, -0.05) is 121 Å². The van der Waals surface area contributed by atoms with Gasteiger partial charge in [-0.25, -0.2) is 4.79 Å². The lowest BCUT2D eigenvalue weighted by molar-refractivity contribution is -0.0944. The summed E-state index contributed by atoms with van der Waals surface area (Å²) in [4.78, 5) is 27.8. The summed E-state index contributed by atoms with van der Waals surface area (Å²) in [7, 11) is 0. The maximum Gasteiger partial charge on any atom is 0.330 e. The molecule has 7 nitrogen and oxygen atoms in total. The molecule has 1 fully saturated rings. The number of aliphatic hydroxyl groups excluding tert-OH is 1. The van der Waals surface area contributed by atoms with Crippen molar-refractivity contribution in [1.29, 1.82) is 0 Å². The zero-order valence-electron chi connectivity index (χ0n) is 23.0. The number of benzene rings is 4. The number of ether oxygens (including phenoxy) is 2. The highest BCUT2D eigenvalue weighted by atomic mass is 16.6. The molecule has 4 aromatic carbocycles. The summed E-state index contributed by atoms with van der Waals surface area (Å²) in [6.07, 6.45) is -0.261. The van der Waals surface area contributed by atoms with E-state index in [2.05, 4.69) is 4.98 Å². The number of rotatable bonds is 9. The van der Waals surface area contributed by atoms with Crippen molar-refractivity contribution >= 4 is 0 Å². The molecule has 0 bridgehead atoms. The summed E-state index contributed by atoms with van der Waals surface area (Å²) in [5.74, 6) is 0. The van der Waals surface area contributed by atoms with Crippen molar-refractivity contribution in [1.82, 2.24) is 9.55 Å². The smallest absolute Gasteiger partial charge is 0.330 e. The third-order valence-corrected chi connectivity index (χ3v) is 7.80. The van der Waals surface area contributed by atoms with Crippen molar-refractivity contribution in [3.8, 4) is 0 Å². The number of aromatic amines is 1. The van der Waals surface area contributed by atoms with E-state index in [0.29, 0.717) is 12.0 Å². The lowest BCUT2D eigenvalue weighted by atomic mass is 9.80. The van der Waals surface area contributed by atoms with E-state index >= 15 is 0 Å². The number of hydrogen-bond acceptors (Lipinski definition) is 5. The van der Waals surface area contributed by atoms with E-state index in [1.165, 1.54) is 10.8 Å². The van der Waals surface area contributed by atoms with E-state index in [0.717, 1.165) is 22.3 Å². The predicted octanol–water partition coefficient (Wildman–Crippen LogP) is 4.78. The fourth-order valence-electron chi connectivity index (χ4n) is 5.69. The van der Waals surface area contributed by atoms with Crippen molar-refractivity contribution in [3.05, 3.63) is 176 Å². The first-order valence-corrected chi connectivity index (χ1v) is 14.1. The minimum absolute atomic E-state index is 0.0608. The molecule has 1 aromatic heterocycles. The third kappa shape index (κ3) is 5.50. The van der Waals surface area contributed by atoms with Crippen LogP contribution in [0.2, 0.25) is 0 Å². The van der Waals surface area contributed by atoms with Crippen molar-refractivity contribution < 1.29 is 14.6 Å². The molecule has 0 aliphatic carbocycles. The minimum Gasteiger partial charge on any atom is -0.390 e. The molecule has 0 saturated carbocycles.